The Bertz CT molecular complexity index is 3530. The number of aliphatic hydroxyl groups is 1. The molecule has 396 valence electrons. The summed E-state index contributed by atoms with van der Waals surface area (Å²) in [6, 6.07) is 9.37. The predicted molar refractivity (Wildman–Crippen MR) is 289 cm³/mol. The third-order valence-electron chi connectivity index (χ3n) is 11.1. The fourth-order valence-corrected chi connectivity index (χ4v) is 12.6. The molecule has 0 unspecified atom stereocenters. The first kappa shape index (κ1) is 54.0. The highest BCUT2D eigenvalue weighted by Gasteiger charge is 2.31. The Balaban J connectivity index is 1.11. The third kappa shape index (κ3) is 12.7. The normalized spacial score (nSPS) is 15.4. The molecule has 0 spiro atoms. The van der Waals surface area contributed by atoms with Crippen LogP contribution in [0.25, 0.3) is 43.4 Å². The predicted octanol–water partition coefficient (Wildman–Crippen LogP) is 6.03. The van der Waals surface area contributed by atoms with E-state index in [-0.39, 0.29) is 59.0 Å². The second-order valence-corrected chi connectivity index (χ2v) is 22.2. The lowest BCUT2D eigenvalue weighted by Gasteiger charge is -2.23. The number of anilines is 2. The van der Waals surface area contributed by atoms with Crippen molar-refractivity contribution in [2.45, 2.75) is 44.6 Å². The first-order valence-electron chi connectivity index (χ1n) is 22.8. The molecule has 9 N–H and O–H groups in total. The molecule has 1 aliphatic rings. The van der Waals surface area contributed by atoms with Gasteiger partial charge in [-0.05, 0) is 24.6 Å². The van der Waals surface area contributed by atoms with E-state index in [1.54, 1.807) is 70.9 Å². The number of aromatic nitrogens is 7. The summed E-state index contributed by atoms with van der Waals surface area (Å²) in [4.78, 5) is 125. The second kappa shape index (κ2) is 24.0. The number of pyridine rings is 1. The van der Waals surface area contributed by atoms with Crippen molar-refractivity contribution in [3.63, 3.8) is 0 Å². The van der Waals surface area contributed by atoms with Crippen LogP contribution in [-0.4, -0.2) is 114 Å². The molecule has 3 atom stereocenters. The molecule has 30 heteroatoms. The zero-order valence-corrected chi connectivity index (χ0v) is 45.3. The van der Waals surface area contributed by atoms with Crippen molar-refractivity contribution in [1.82, 2.24) is 61.5 Å². The Kier molecular flexibility index (Phi) is 16.8. The topological polar surface area (TPSA) is 344 Å². The number of methoxy groups -OCH3 is 1. The highest BCUT2D eigenvalue weighted by Crippen LogP contribution is 2.40. The highest BCUT2D eigenvalue weighted by atomic mass is 32.1. The van der Waals surface area contributed by atoms with E-state index in [1.807, 2.05) is 0 Å². The van der Waals surface area contributed by atoms with Gasteiger partial charge in [0.15, 0.2) is 5.13 Å². The minimum Gasteiger partial charge on any atom is -0.481 e. The fraction of sp³-hybridized carbons (Fsp3) is 0.234. The molecule has 1 aromatic carbocycles. The van der Waals surface area contributed by atoms with Crippen LogP contribution >= 0.6 is 68.0 Å². The Morgan fingerprint density at radius 2 is 1.49 bits per heavy atom. The van der Waals surface area contributed by atoms with Crippen LogP contribution in [0.5, 0.6) is 0 Å². The number of aryl methyl sites for hydroxylation is 1. The van der Waals surface area contributed by atoms with Crippen LogP contribution in [0, 0.1) is 6.92 Å². The first-order valence-corrected chi connectivity index (χ1v) is 28.0. The van der Waals surface area contributed by atoms with E-state index in [4.69, 9.17) is 29.8 Å². The summed E-state index contributed by atoms with van der Waals surface area (Å²) in [5.74, 6) is -4.03. The molecule has 0 radical (unpaired) electrons. The monoisotopic (exact) mass is 1150 g/mol. The Hall–Kier alpha value is -7.84. The zero-order valence-electron chi connectivity index (χ0n) is 40.4. The molecule has 0 saturated heterocycles. The molecular weight excluding hydrogens is 1110 g/mol. The summed E-state index contributed by atoms with van der Waals surface area (Å²) in [5, 5.41) is 47.8. The van der Waals surface area contributed by atoms with Gasteiger partial charge in [0.05, 0.1) is 42.6 Å². The van der Waals surface area contributed by atoms with Crippen LogP contribution in [0.15, 0.2) is 64.0 Å². The van der Waals surface area contributed by atoms with Gasteiger partial charge in [0.2, 0.25) is 11.8 Å². The standard InChI is InChI=1S/C47H42N14O10S6/c1-20-33-40(69)61-47-60-35(28(77-47)15-71-3)39(68)50-14-31(63)58-36(37(66)21-7-5-4-6-8-21)45-55-27(18-74-45)43-53-25(16-73-43)34-22(9-10-23(51-34)42-56-29(19-75-42)57-46(70)49-12-11-32(64)65)41-54-26(17-72-41)38(67)52-24(13-30(62)48-2)44(59-33)76-20/h4-10,16-19,24,36-37,66H,11-15H2,1-3H3,(H,48,62)(H,50,68)(H,52,67)(H,58,63)(H,64,65)(H2,49,57,70)(H,60,61,69)/t24-,36-,37-/m0/s1. The lowest BCUT2D eigenvalue weighted by Crippen LogP contribution is -2.40. The summed E-state index contributed by atoms with van der Waals surface area (Å²) in [7, 11) is 2.87. The van der Waals surface area contributed by atoms with E-state index in [9.17, 15) is 38.7 Å². The number of rotatable bonds is 11. The number of hydrogen-bond donors (Lipinski definition) is 9. The van der Waals surface area contributed by atoms with Gasteiger partial charge >= 0.3 is 12.0 Å². The number of aliphatic hydroxyl groups excluding tert-OH is 1. The molecule has 8 heterocycles. The molecule has 77 heavy (non-hydrogen) atoms. The summed E-state index contributed by atoms with van der Waals surface area (Å²) < 4.78 is 5.32. The number of carbonyl (C=O) groups is 7. The number of benzene rings is 1. The maximum Gasteiger partial charge on any atom is 0.320 e. The number of amides is 7. The highest BCUT2D eigenvalue weighted by molar-refractivity contribution is 7.16. The van der Waals surface area contributed by atoms with Gasteiger partial charge in [0.1, 0.15) is 77.2 Å². The molecular formula is C47H42N14O10S6. The number of fused-ring (bicyclic) bond motifs is 14. The van der Waals surface area contributed by atoms with Crippen molar-refractivity contribution in [2.75, 3.05) is 37.9 Å². The number of carboxylic acid groups (broad SMARTS) is 1. The van der Waals surface area contributed by atoms with Crippen LogP contribution in [0.4, 0.5) is 15.7 Å². The zero-order chi connectivity index (χ0) is 54.3. The van der Waals surface area contributed by atoms with Crippen LogP contribution in [0.1, 0.15) is 87.8 Å². The summed E-state index contributed by atoms with van der Waals surface area (Å²) in [5.41, 5.74) is 2.36. The van der Waals surface area contributed by atoms with Crippen molar-refractivity contribution < 1.29 is 48.5 Å². The maximum absolute atomic E-state index is 14.1. The van der Waals surface area contributed by atoms with Crippen LogP contribution in [0.2, 0.25) is 0 Å². The number of ether oxygens (including phenoxy) is 1. The smallest absolute Gasteiger partial charge is 0.320 e. The van der Waals surface area contributed by atoms with Gasteiger partial charge in [-0.15, -0.1) is 56.7 Å². The van der Waals surface area contributed by atoms with Crippen LogP contribution in [0.3, 0.4) is 0 Å². The lowest BCUT2D eigenvalue weighted by atomic mass is 10.0. The number of urea groups is 1. The van der Waals surface area contributed by atoms with Gasteiger partial charge in [-0.2, -0.15) is 0 Å². The van der Waals surface area contributed by atoms with Crippen LogP contribution in [-0.2, 0) is 25.7 Å². The van der Waals surface area contributed by atoms with Gasteiger partial charge in [-0.1, -0.05) is 41.7 Å². The molecule has 0 fully saturated rings. The fourth-order valence-electron chi connectivity index (χ4n) is 7.42. The van der Waals surface area contributed by atoms with Crippen molar-refractivity contribution in [3.8, 4) is 43.4 Å². The van der Waals surface area contributed by atoms with E-state index < -0.39 is 66.3 Å². The minimum absolute atomic E-state index is 0.00221. The van der Waals surface area contributed by atoms with Gasteiger partial charge in [0, 0.05) is 52.7 Å². The van der Waals surface area contributed by atoms with E-state index in [2.05, 4.69) is 52.2 Å². The number of thiazole rings is 6. The van der Waals surface area contributed by atoms with Crippen molar-refractivity contribution in [3.05, 3.63) is 106 Å². The average molecular weight is 1160 g/mol. The maximum atomic E-state index is 14.1. The van der Waals surface area contributed by atoms with Gasteiger partial charge in [0.25, 0.3) is 17.7 Å². The van der Waals surface area contributed by atoms with Crippen LogP contribution < -0.4 is 37.2 Å². The van der Waals surface area contributed by atoms with E-state index in [0.29, 0.717) is 63.7 Å². The van der Waals surface area contributed by atoms with Crippen molar-refractivity contribution in [1.29, 1.82) is 0 Å². The lowest BCUT2D eigenvalue weighted by molar-refractivity contribution is -0.136. The number of nitrogens with zero attached hydrogens (tertiary/aromatic N) is 7. The summed E-state index contributed by atoms with van der Waals surface area (Å²) >= 11 is 6.81. The minimum atomic E-state index is -1.29. The number of carboxylic acids is 1. The Morgan fingerprint density at radius 1 is 0.753 bits per heavy atom. The van der Waals surface area contributed by atoms with E-state index in [0.717, 1.165) is 34.0 Å². The number of aliphatic carboxylic acids is 1. The van der Waals surface area contributed by atoms with Crippen molar-refractivity contribution in [2.24, 2.45) is 0 Å². The second-order valence-electron chi connectivity index (χ2n) is 16.4. The summed E-state index contributed by atoms with van der Waals surface area (Å²) in [6.45, 7) is 0.967. The number of carbonyl (C=O) groups excluding carboxylic acids is 6. The van der Waals surface area contributed by atoms with Gasteiger partial charge in [-0.25, -0.2) is 39.7 Å². The van der Waals surface area contributed by atoms with Crippen molar-refractivity contribution >= 4 is 121 Å². The number of nitrogens with one attached hydrogen (secondary N) is 7. The Labute approximate surface area is 459 Å². The Morgan fingerprint density at radius 3 is 2.27 bits per heavy atom. The molecule has 0 aliphatic carbocycles. The molecule has 24 nitrogen and oxygen atoms in total. The SMILES string of the molecule is CNC(=O)C[C@@H]1NC(=O)c2csc(n2)-c2ccc(-c3nc(NC(=O)NCCC(=O)O)cs3)nc2-c2csc(n2)-c2csc(n2)[C@H]([C@@H](O)c2ccccc2)NC(=O)CNC(=O)c2nc(sc2COC)NC(=O)c2nc1sc2C. The largest absolute Gasteiger partial charge is 0.481 e. The van der Waals surface area contributed by atoms with E-state index >= 15 is 0 Å². The third-order valence-corrected chi connectivity index (χ3v) is 16.7. The molecule has 0 saturated carbocycles. The molecule has 7 amide bonds. The van der Waals surface area contributed by atoms with Gasteiger partial charge < -0.3 is 41.5 Å². The van der Waals surface area contributed by atoms with E-state index in [1.165, 1.54) is 48.2 Å². The molecule has 7 aromatic heterocycles. The molecule has 10 bridgehead atoms. The number of hydrogen-bond acceptors (Lipinski definition) is 22. The average Bonchev–Trinajstić information content (AvgIpc) is 4.32. The molecule has 9 rings (SSSR count). The first-order chi connectivity index (χ1) is 37.1. The quantitative estimate of drug-likeness (QED) is 0.0713. The molecule has 8 aromatic rings. The molecule has 1 aliphatic heterocycles. The van der Waals surface area contributed by atoms with Gasteiger partial charge in [-0.3, -0.25) is 39.4 Å². The summed E-state index contributed by atoms with van der Waals surface area (Å²) in [6.07, 6.45) is -1.79.